The number of fused-ring (bicyclic) bond motifs is 1. The first-order chi connectivity index (χ1) is 10.1. The number of aromatic amines is 1. The number of nitrogens with one attached hydrogen (secondary N) is 2. The van der Waals surface area contributed by atoms with E-state index in [9.17, 15) is 4.79 Å². The number of aliphatic hydroxyl groups excluding tert-OH is 1. The van der Waals surface area contributed by atoms with Crippen molar-refractivity contribution in [1.29, 1.82) is 0 Å². The van der Waals surface area contributed by atoms with Crippen LogP contribution in [0.3, 0.4) is 0 Å². The average Bonchev–Trinajstić information content (AvgIpc) is 3.01. The van der Waals surface area contributed by atoms with E-state index in [0.29, 0.717) is 10.7 Å². The highest BCUT2D eigenvalue weighted by molar-refractivity contribution is 6.33. The van der Waals surface area contributed by atoms with Crippen LogP contribution in [-0.4, -0.2) is 35.6 Å². The molecule has 3 aromatic heterocycles. The molecule has 108 valence electrons. The summed E-state index contributed by atoms with van der Waals surface area (Å²) < 4.78 is 1.50. The Labute approximate surface area is 127 Å². The molecule has 0 radical (unpaired) electrons. The van der Waals surface area contributed by atoms with Gasteiger partial charge in [-0.2, -0.15) is 4.98 Å². The fourth-order valence-corrected chi connectivity index (χ4v) is 2.19. The zero-order valence-electron chi connectivity index (χ0n) is 10.3. The summed E-state index contributed by atoms with van der Waals surface area (Å²) in [6.07, 6.45) is 1.59. The predicted octanol–water partition coefficient (Wildman–Crippen LogP) is 1.50. The molecule has 0 aliphatic heterocycles. The molecule has 0 saturated carbocycles. The van der Waals surface area contributed by atoms with Gasteiger partial charge in [0.1, 0.15) is 12.3 Å². The van der Waals surface area contributed by atoms with E-state index in [0.717, 1.165) is 0 Å². The molecule has 3 rings (SSSR count). The fraction of sp³-hybridized carbons (Fsp3) is 0.0909. The summed E-state index contributed by atoms with van der Waals surface area (Å²) in [5, 5.41) is 18.1. The van der Waals surface area contributed by atoms with Gasteiger partial charge in [-0.1, -0.05) is 23.2 Å². The van der Waals surface area contributed by atoms with Crippen LogP contribution in [0, 0.1) is 0 Å². The van der Waals surface area contributed by atoms with Crippen molar-refractivity contribution in [3.8, 4) is 0 Å². The number of nitrogens with zero attached hydrogens (tertiary/aromatic N) is 4. The molecule has 1 amide bonds. The Hall–Kier alpha value is -2.16. The lowest BCUT2D eigenvalue weighted by Crippen LogP contribution is -2.15. The minimum atomic E-state index is -0.529. The predicted molar refractivity (Wildman–Crippen MR) is 75.5 cm³/mol. The molecule has 3 heterocycles. The standard InChI is InChI=1S/C11H8Cl2N6O2/c12-5-1-2-19-7(3-5)15-9(13)8(19)10(21)16-11-14-6(4-20)17-18-11/h1-3,20H,4H2,(H2,14,16,17,18,21). The number of H-pyrrole nitrogens is 1. The van der Waals surface area contributed by atoms with E-state index in [1.807, 2.05) is 0 Å². The molecule has 0 fully saturated rings. The molecule has 0 saturated heterocycles. The zero-order chi connectivity index (χ0) is 15.0. The Balaban J connectivity index is 1.95. The zero-order valence-corrected chi connectivity index (χ0v) is 11.9. The quantitative estimate of drug-likeness (QED) is 0.676. The Kier molecular flexibility index (Phi) is 3.50. The molecular formula is C11H8Cl2N6O2. The summed E-state index contributed by atoms with van der Waals surface area (Å²) in [5.41, 5.74) is 0.586. The van der Waals surface area contributed by atoms with Gasteiger partial charge in [0, 0.05) is 17.3 Å². The lowest BCUT2D eigenvalue weighted by atomic mass is 10.4. The SMILES string of the molecule is O=C(Nc1n[nH]c(CO)n1)c1c(Cl)nc2cc(Cl)ccn12. The average molecular weight is 327 g/mol. The van der Waals surface area contributed by atoms with E-state index in [2.05, 4.69) is 25.5 Å². The molecule has 0 atom stereocenters. The number of amides is 1. The van der Waals surface area contributed by atoms with Crippen molar-refractivity contribution in [1.82, 2.24) is 24.6 Å². The largest absolute Gasteiger partial charge is 0.388 e. The van der Waals surface area contributed by atoms with E-state index in [1.165, 1.54) is 4.40 Å². The van der Waals surface area contributed by atoms with Gasteiger partial charge in [0.05, 0.1) is 0 Å². The number of hydrogen-bond donors (Lipinski definition) is 3. The molecule has 3 N–H and O–H groups in total. The topological polar surface area (TPSA) is 108 Å². The van der Waals surface area contributed by atoms with Crippen LogP contribution in [-0.2, 0) is 6.61 Å². The lowest BCUT2D eigenvalue weighted by molar-refractivity contribution is 0.102. The van der Waals surface area contributed by atoms with Crippen LogP contribution in [0.15, 0.2) is 18.3 Å². The molecule has 0 aromatic carbocycles. The molecule has 8 nitrogen and oxygen atoms in total. The third-order valence-electron chi connectivity index (χ3n) is 2.67. The lowest BCUT2D eigenvalue weighted by Gasteiger charge is -2.02. The highest BCUT2D eigenvalue weighted by Crippen LogP contribution is 2.21. The van der Waals surface area contributed by atoms with Crippen LogP contribution in [0.25, 0.3) is 5.65 Å². The summed E-state index contributed by atoms with van der Waals surface area (Å²) in [4.78, 5) is 20.2. The number of hydrogen-bond acceptors (Lipinski definition) is 5. The maximum Gasteiger partial charge on any atom is 0.278 e. The molecule has 10 heteroatoms. The number of carbonyl (C=O) groups excluding carboxylic acids is 1. The van der Waals surface area contributed by atoms with Crippen LogP contribution in [0.4, 0.5) is 5.95 Å². The van der Waals surface area contributed by atoms with Gasteiger partial charge in [-0.15, -0.1) is 5.10 Å². The number of carbonyl (C=O) groups is 1. The molecule has 3 aromatic rings. The molecule has 0 aliphatic carbocycles. The first kappa shape index (κ1) is 13.8. The Morgan fingerprint density at radius 2 is 2.24 bits per heavy atom. The number of halogens is 2. The summed E-state index contributed by atoms with van der Waals surface area (Å²) in [6.45, 7) is -0.308. The van der Waals surface area contributed by atoms with E-state index < -0.39 is 5.91 Å². The number of pyridine rings is 1. The van der Waals surface area contributed by atoms with Gasteiger partial charge in [-0.25, -0.2) is 4.98 Å². The highest BCUT2D eigenvalue weighted by Gasteiger charge is 2.19. The normalized spacial score (nSPS) is 11.0. The van der Waals surface area contributed by atoms with Crippen LogP contribution < -0.4 is 5.32 Å². The maximum atomic E-state index is 12.2. The van der Waals surface area contributed by atoms with Gasteiger partial charge in [0.15, 0.2) is 16.7 Å². The number of aromatic nitrogens is 5. The van der Waals surface area contributed by atoms with Gasteiger partial charge in [-0.05, 0) is 6.07 Å². The van der Waals surface area contributed by atoms with Crippen LogP contribution in [0.1, 0.15) is 16.3 Å². The van der Waals surface area contributed by atoms with Crippen molar-refractivity contribution in [3.63, 3.8) is 0 Å². The van der Waals surface area contributed by atoms with E-state index in [1.54, 1.807) is 18.3 Å². The van der Waals surface area contributed by atoms with Crippen molar-refractivity contribution in [3.05, 3.63) is 40.0 Å². The van der Waals surface area contributed by atoms with Crippen LogP contribution in [0.2, 0.25) is 10.2 Å². The minimum Gasteiger partial charge on any atom is -0.388 e. The second-order valence-corrected chi connectivity index (χ2v) is 4.84. The number of aliphatic hydroxyl groups is 1. The van der Waals surface area contributed by atoms with Gasteiger partial charge in [0.2, 0.25) is 5.95 Å². The second kappa shape index (κ2) is 5.32. The number of rotatable bonds is 3. The second-order valence-electron chi connectivity index (χ2n) is 4.04. The summed E-state index contributed by atoms with van der Waals surface area (Å²) in [5.74, 6) is -0.260. The van der Waals surface area contributed by atoms with E-state index in [-0.39, 0.29) is 29.2 Å². The van der Waals surface area contributed by atoms with Crippen molar-refractivity contribution in [2.24, 2.45) is 0 Å². The third kappa shape index (κ3) is 2.56. The molecule has 0 unspecified atom stereocenters. The number of imidazole rings is 1. The Morgan fingerprint density at radius 3 is 2.95 bits per heavy atom. The summed E-state index contributed by atoms with van der Waals surface area (Å²) in [6, 6.07) is 3.20. The van der Waals surface area contributed by atoms with E-state index >= 15 is 0 Å². The first-order valence-electron chi connectivity index (χ1n) is 5.75. The van der Waals surface area contributed by atoms with Crippen LogP contribution >= 0.6 is 23.2 Å². The van der Waals surface area contributed by atoms with Crippen molar-refractivity contribution in [2.45, 2.75) is 6.61 Å². The Morgan fingerprint density at radius 1 is 1.43 bits per heavy atom. The fourth-order valence-electron chi connectivity index (χ4n) is 1.78. The molecule has 21 heavy (non-hydrogen) atoms. The van der Waals surface area contributed by atoms with Crippen molar-refractivity contribution in [2.75, 3.05) is 5.32 Å². The molecule has 0 bridgehead atoms. The molecular weight excluding hydrogens is 319 g/mol. The maximum absolute atomic E-state index is 12.2. The molecule has 0 aliphatic rings. The molecule has 0 spiro atoms. The van der Waals surface area contributed by atoms with Gasteiger partial charge in [0.25, 0.3) is 5.91 Å². The Bertz CT molecular complexity index is 827. The first-order valence-corrected chi connectivity index (χ1v) is 6.50. The van der Waals surface area contributed by atoms with E-state index in [4.69, 9.17) is 28.3 Å². The van der Waals surface area contributed by atoms with Crippen LogP contribution in [0.5, 0.6) is 0 Å². The van der Waals surface area contributed by atoms with Gasteiger partial charge >= 0.3 is 0 Å². The monoisotopic (exact) mass is 326 g/mol. The summed E-state index contributed by atoms with van der Waals surface area (Å²) in [7, 11) is 0. The van der Waals surface area contributed by atoms with Gasteiger partial charge < -0.3 is 5.11 Å². The van der Waals surface area contributed by atoms with Gasteiger partial charge in [-0.3, -0.25) is 19.6 Å². The number of anilines is 1. The minimum absolute atomic E-state index is 0.0315. The third-order valence-corrected chi connectivity index (χ3v) is 3.17. The smallest absolute Gasteiger partial charge is 0.278 e. The summed E-state index contributed by atoms with van der Waals surface area (Å²) >= 11 is 11.9. The van der Waals surface area contributed by atoms with Crippen molar-refractivity contribution < 1.29 is 9.90 Å². The highest BCUT2D eigenvalue weighted by atomic mass is 35.5. The van der Waals surface area contributed by atoms with Crippen molar-refractivity contribution >= 4 is 40.7 Å².